The lowest BCUT2D eigenvalue weighted by Gasteiger charge is -2.26. The van der Waals surface area contributed by atoms with Crippen molar-refractivity contribution in [2.75, 3.05) is 26.3 Å². The summed E-state index contributed by atoms with van der Waals surface area (Å²) in [5, 5.41) is 15.4. The SMILES string of the molecule is CCOC(=O)C(CNCCO)CC(Cc1ccc(-c2cc(Cl)ccc2F)cc1)NC(=O)OC(C)(C)C. The summed E-state index contributed by atoms with van der Waals surface area (Å²) in [6, 6.07) is 11.2. The van der Waals surface area contributed by atoms with E-state index >= 15 is 0 Å². The van der Waals surface area contributed by atoms with E-state index in [-0.39, 0.29) is 25.0 Å². The van der Waals surface area contributed by atoms with Gasteiger partial charge in [0.05, 0.1) is 19.1 Å². The van der Waals surface area contributed by atoms with Crippen molar-refractivity contribution >= 4 is 23.7 Å². The maximum atomic E-state index is 14.3. The zero-order valence-electron chi connectivity index (χ0n) is 21.3. The van der Waals surface area contributed by atoms with Crippen molar-refractivity contribution < 1.29 is 28.6 Å². The number of aliphatic hydroxyl groups excluding tert-OH is 1. The van der Waals surface area contributed by atoms with Gasteiger partial charge in [-0.05, 0) is 69.9 Å². The summed E-state index contributed by atoms with van der Waals surface area (Å²) in [4.78, 5) is 25.1. The van der Waals surface area contributed by atoms with Gasteiger partial charge in [-0.1, -0.05) is 35.9 Å². The maximum Gasteiger partial charge on any atom is 0.407 e. The molecule has 3 N–H and O–H groups in total. The van der Waals surface area contributed by atoms with Gasteiger partial charge in [0.1, 0.15) is 11.4 Å². The van der Waals surface area contributed by atoms with Crippen LogP contribution in [0.15, 0.2) is 42.5 Å². The fraction of sp³-hybridized carbons (Fsp3) is 0.481. The number of carbonyl (C=O) groups excluding carboxylic acids is 2. The average Bonchev–Trinajstić information content (AvgIpc) is 2.79. The molecular formula is C27H36ClFN2O5. The van der Waals surface area contributed by atoms with Crippen molar-refractivity contribution in [1.82, 2.24) is 10.6 Å². The Morgan fingerprint density at radius 1 is 1.14 bits per heavy atom. The number of carbonyl (C=O) groups is 2. The van der Waals surface area contributed by atoms with Crippen molar-refractivity contribution in [3.63, 3.8) is 0 Å². The number of amides is 1. The van der Waals surface area contributed by atoms with E-state index < -0.39 is 23.7 Å². The van der Waals surface area contributed by atoms with Crippen molar-refractivity contribution in [3.05, 3.63) is 58.9 Å². The minimum atomic E-state index is -0.680. The Morgan fingerprint density at radius 2 is 1.83 bits per heavy atom. The van der Waals surface area contributed by atoms with E-state index in [9.17, 15) is 14.0 Å². The molecule has 2 aromatic carbocycles. The van der Waals surface area contributed by atoms with Gasteiger partial charge in [0.25, 0.3) is 0 Å². The Morgan fingerprint density at radius 3 is 2.44 bits per heavy atom. The van der Waals surface area contributed by atoms with Gasteiger partial charge in [0, 0.05) is 29.7 Å². The van der Waals surface area contributed by atoms with Crippen LogP contribution in [0.5, 0.6) is 0 Å². The molecule has 198 valence electrons. The van der Waals surface area contributed by atoms with Gasteiger partial charge in [0.2, 0.25) is 0 Å². The molecule has 0 bridgehead atoms. The zero-order valence-corrected chi connectivity index (χ0v) is 22.0. The molecule has 1 amide bonds. The van der Waals surface area contributed by atoms with Gasteiger partial charge >= 0.3 is 12.1 Å². The first-order chi connectivity index (χ1) is 17.0. The second kappa shape index (κ2) is 14.2. The fourth-order valence-electron chi connectivity index (χ4n) is 3.71. The molecule has 2 rings (SSSR count). The van der Waals surface area contributed by atoms with E-state index in [4.69, 9.17) is 26.2 Å². The molecule has 7 nitrogen and oxygen atoms in total. The highest BCUT2D eigenvalue weighted by Crippen LogP contribution is 2.27. The first-order valence-corrected chi connectivity index (χ1v) is 12.4. The van der Waals surface area contributed by atoms with Crippen LogP contribution in [0.2, 0.25) is 5.02 Å². The summed E-state index contributed by atoms with van der Waals surface area (Å²) in [6.45, 7) is 7.85. The average molecular weight is 523 g/mol. The molecule has 36 heavy (non-hydrogen) atoms. The number of ether oxygens (including phenoxy) is 2. The Labute approximate surface area is 217 Å². The van der Waals surface area contributed by atoms with Crippen molar-refractivity contribution in [2.24, 2.45) is 5.92 Å². The summed E-state index contributed by atoms with van der Waals surface area (Å²) in [6.07, 6.45) is 0.116. The van der Waals surface area contributed by atoms with Crippen molar-refractivity contribution in [3.8, 4) is 11.1 Å². The number of halogens is 2. The van der Waals surface area contributed by atoms with Crippen LogP contribution in [0.4, 0.5) is 9.18 Å². The minimum Gasteiger partial charge on any atom is -0.466 e. The van der Waals surface area contributed by atoms with Gasteiger partial charge in [-0.3, -0.25) is 4.79 Å². The molecule has 9 heteroatoms. The Hall–Kier alpha value is -2.68. The number of benzene rings is 2. The van der Waals surface area contributed by atoms with E-state index in [0.29, 0.717) is 42.1 Å². The lowest BCUT2D eigenvalue weighted by atomic mass is 9.93. The minimum absolute atomic E-state index is 0.0608. The number of aliphatic hydroxyl groups is 1. The van der Waals surface area contributed by atoms with Crippen molar-refractivity contribution in [1.29, 1.82) is 0 Å². The topological polar surface area (TPSA) is 96.9 Å². The smallest absolute Gasteiger partial charge is 0.407 e. The quantitative estimate of drug-likeness (QED) is 0.275. The second-order valence-corrected chi connectivity index (χ2v) is 9.92. The molecule has 0 fully saturated rings. The first-order valence-electron chi connectivity index (χ1n) is 12.0. The Bertz CT molecular complexity index is 995. The highest BCUT2D eigenvalue weighted by molar-refractivity contribution is 6.30. The molecule has 0 aliphatic carbocycles. The molecule has 0 aromatic heterocycles. The Kier molecular flexibility index (Phi) is 11.6. The Balaban J connectivity index is 2.23. The molecule has 0 aliphatic rings. The molecule has 2 unspecified atom stereocenters. The summed E-state index contributed by atoms with van der Waals surface area (Å²) in [7, 11) is 0. The summed E-state index contributed by atoms with van der Waals surface area (Å²) < 4.78 is 24.9. The largest absolute Gasteiger partial charge is 0.466 e. The highest BCUT2D eigenvalue weighted by Gasteiger charge is 2.27. The molecule has 0 spiro atoms. The van der Waals surface area contributed by atoms with Crippen LogP contribution >= 0.6 is 11.6 Å². The van der Waals surface area contributed by atoms with E-state index in [1.807, 2.05) is 12.1 Å². The lowest BCUT2D eigenvalue weighted by molar-refractivity contribution is -0.148. The lowest BCUT2D eigenvalue weighted by Crippen LogP contribution is -2.43. The molecule has 0 radical (unpaired) electrons. The number of hydrogen-bond acceptors (Lipinski definition) is 6. The van der Waals surface area contributed by atoms with E-state index in [2.05, 4.69) is 10.6 Å². The number of nitrogens with one attached hydrogen (secondary N) is 2. The third-order valence-electron chi connectivity index (χ3n) is 5.26. The van der Waals surface area contributed by atoms with E-state index in [1.54, 1.807) is 45.9 Å². The fourth-order valence-corrected chi connectivity index (χ4v) is 3.89. The van der Waals surface area contributed by atoms with Crippen LogP contribution in [-0.4, -0.2) is 55.1 Å². The number of alkyl carbamates (subject to hydrolysis) is 1. The number of hydrogen-bond donors (Lipinski definition) is 3. The highest BCUT2D eigenvalue weighted by atomic mass is 35.5. The van der Waals surface area contributed by atoms with Crippen LogP contribution < -0.4 is 10.6 Å². The normalized spacial score (nSPS) is 13.1. The molecule has 0 aliphatic heterocycles. The third-order valence-corrected chi connectivity index (χ3v) is 5.50. The summed E-state index contributed by atoms with van der Waals surface area (Å²) in [5.41, 5.74) is 1.27. The van der Waals surface area contributed by atoms with Crippen LogP contribution in [0.25, 0.3) is 11.1 Å². The van der Waals surface area contributed by atoms with Crippen LogP contribution in [0.1, 0.15) is 39.7 Å². The van der Waals surface area contributed by atoms with Gasteiger partial charge < -0.3 is 25.2 Å². The van der Waals surface area contributed by atoms with Gasteiger partial charge in [-0.2, -0.15) is 0 Å². The second-order valence-electron chi connectivity index (χ2n) is 9.48. The number of rotatable bonds is 12. The standard InChI is InChI=1S/C27H36ClFN2O5/c1-5-35-25(33)20(17-30-12-13-32)15-22(31-26(34)36-27(2,3)4)14-18-6-8-19(9-7-18)23-16-21(28)10-11-24(23)29/h6-11,16,20,22,30,32H,5,12-15,17H2,1-4H3,(H,31,34). The van der Waals surface area contributed by atoms with Crippen LogP contribution in [-0.2, 0) is 20.7 Å². The van der Waals surface area contributed by atoms with Gasteiger partial charge in [-0.25, -0.2) is 9.18 Å². The van der Waals surface area contributed by atoms with Crippen molar-refractivity contribution in [2.45, 2.75) is 52.2 Å². The predicted molar refractivity (Wildman–Crippen MR) is 138 cm³/mol. The summed E-state index contributed by atoms with van der Waals surface area (Å²) >= 11 is 6.03. The van der Waals surface area contributed by atoms with Crippen LogP contribution in [0, 0.1) is 11.7 Å². The van der Waals surface area contributed by atoms with Gasteiger partial charge in [0.15, 0.2) is 0 Å². The van der Waals surface area contributed by atoms with Crippen LogP contribution in [0.3, 0.4) is 0 Å². The van der Waals surface area contributed by atoms with Gasteiger partial charge in [-0.15, -0.1) is 0 Å². The molecule has 0 saturated carbocycles. The summed E-state index contributed by atoms with van der Waals surface area (Å²) in [5.74, 6) is -1.30. The third kappa shape index (κ3) is 10.1. The molecule has 0 saturated heterocycles. The van der Waals surface area contributed by atoms with E-state index in [1.165, 1.54) is 12.1 Å². The molecule has 2 aromatic rings. The molecule has 0 heterocycles. The monoisotopic (exact) mass is 522 g/mol. The van der Waals surface area contributed by atoms with E-state index in [0.717, 1.165) is 5.56 Å². The first kappa shape index (κ1) is 29.5. The maximum absolute atomic E-state index is 14.3. The predicted octanol–water partition coefficient (Wildman–Crippen LogP) is 4.73. The number of esters is 1. The molecule has 2 atom stereocenters. The molecular weight excluding hydrogens is 487 g/mol. The zero-order chi connectivity index (χ0) is 26.7.